The van der Waals surface area contributed by atoms with Gasteiger partial charge in [-0.3, -0.25) is 4.68 Å². The topological polar surface area (TPSA) is 50.1 Å². The molecule has 1 aromatic heterocycles. The summed E-state index contributed by atoms with van der Waals surface area (Å²) in [7, 11) is 1.93. The number of nitrogens with zero attached hydrogens (tertiary/aromatic N) is 2. The number of benzene rings is 1. The minimum Gasteiger partial charge on any atom is -0.508 e. The maximum atomic E-state index is 9.45. The molecule has 0 aliphatic carbocycles. The lowest BCUT2D eigenvalue weighted by atomic mass is 10.1. The second-order valence-corrected chi connectivity index (χ2v) is 4.61. The Bertz CT molecular complexity index is 534. The molecule has 2 aromatic rings. The van der Waals surface area contributed by atoms with Crippen molar-refractivity contribution in [2.45, 2.75) is 26.4 Å². The lowest BCUT2D eigenvalue weighted by molar-refractivity contribution is 0.472. The van der Waals surface area contributed by atoms with E-state index in [0.29, 0.717) is 5.75 Å². The molecular weight excluding hydrogens is 226 g/mol. The number of aryl methyl sites for hydroxylation is 2. The van der Waals surface area contributed by atoms with Gasteiger partial charge in [-0.1, -0.05) is 12.1 Å². The van der Waals surface area contributed by atoms with Gasteiger partial charge < -0.3 is 10.4 Å². The third-order valence-corrected chi connectivity index (χ3v) is 3.08. The molecule has 0 spiro atoms. The van der Waals surface area contributed by atoms with E-state index in [4.69, 9.17) is 0 Å². The van der Waals surface area contributed by atoms with Crippen LogP contribution in [-0.2, 0) is 13.6 Å². The van der Waals surface area contributed by atoms with Crippen molar-refractivity contribution in [1.29, 1.82) is 0 Å². The summed E-state index contributed by atoms with van der Waals surface area (Å²) >= 11 is 0. The van der Waals surface area contributed by atoms with Gasteiger partial charge in [0.1, 0.15) is 5.75 Å². The third-order valence-electron chi connectivity index (χ3n) is 3.08. The van der Waals surface area contributed by atoms with Crippen molar-refractivity contribution in [1.82, 2.24) is 15.1 Å². The zero-order chi connectivity index (χ0) is 13.1. The van der Waals surface area contributed by atoms with E-state index in [-0.39, 0.29) is 6.04 Å². The van der Waals surface area contributed by atoms with Crippen molar-refractivity contribution in [2.75, 3.05) is 0 Å². The van der Waals surface area contributed by atoms with Crippen LogP contribution in [0.15, 0.2) is 30.5 Å². The van der Waals surface area contributed by atoms with Gasteiger partial charge in [-0.2, -0.15) is 5.10 Å². The average Bonchev–Trinajstić information content (AvgIpc) is 2.65. The lowest BCUT2D eigenvalue weighted by Crippen LogP contribution is -2.18. The Hall–Kier alpha value is -1.81. The second-order valence-electron chi connectivity index (χ2n) is 4.61. The predicted octanol–water partition coefficient (Wildman–Crippen LogP) is 2.28. The maximum Gasteiger partial charge on any atom is 0.115 e. The first-order valence-electron chi connectivity index (χ1n) is 6.07. The van der Waals surface area contributed by atoms with Crippen LogP contribution in [0.5, 0.6) is 5.75 Å². The van der Waals surface area contributed by atoms with Crippen molar-refractivity contribution < 1.29 is 5.11 Å². The number of rotatable bonds is 4. The van der Waals surface area contributed by atoms with Gasteiger partial charge in [0.25, 0.3) is 0 Å². The fraction of sp³-hybridized carbons (Fsp3) is 0.357. The Balaban J connectivity index is 2.00. The second kappa shape index (κ2) is 5.23. The van der Waals surface area contributed by atoms with Gasteiger partial charge in [0.05, 0.1) is 5.69 Å². The summed E-state index contributed by atoms with van der Waals surface area (Å²) in [4.78, 5) is 0. The molecule has 0 bridgehead atoms. The molecule has 1 unspecified atom stereocenters. The minimum atomic E-state index is 0.191. The Morgan fingerprint density at radius 3 is 2.83 bits per heavy atom. The number of phenols is 1. The standard InChI is InChI=1S/C14H19N3O/c1-10(12-5-4-6-14(18)7-12)15-8-13-9-17(3)16-11(13)2/h4-7,9-10,15,18H,8H2,1-3H3. The smallest absolute Gasteiger partial charge is 0.115 e. The fourth-order valence-corrected chi connectivity index (χ4v) is 2.00. The number of aromatic nitrogens is 2. The monoisotopic (exact) mass is 245 g/mol. The van der Waals surface area contributed by atoms with E-state index in [1.165, 1.54) is 5.56 Å². The van der Waals surface area contributed by atoms with Crippen molar-refractivity contribution in [3.8, 4) is 5.75 Å². The molecule has 0 aliphatic rings. The Morgan fingerprint density at radius 2 is 2.22 bits per heavy atom. The van der Waals surface area contributed by atoms with Gasteiger partial charge in [-0.05, 0) is 31.5 Å². The van der Waals surface area contributed by atoms with Crippen LogP contribution in [0.3, 0.4) is 0 Å². The summed E-state index contributed by atoms with van der Waals surface area (Å²) in [5.41, 5.74) is 3.33. The van der Waals surface area contributed by atoms with E-state index < -0.39 is 0 Å². The highest BCUT2D eigenvalue weighted by atomic mass is 16.3. The lowest BCUT2D eigenvalue weighted by Gasteiger charge is -2.14. The summed E-state index contributed by atoms with van der Waals surface area (Å²) < 4.78 is 1.82. The molecule has 18 heavy (non-hydrogen) atoms. The number of hydrogen-bond donors (Lipinski definition) is 2. The highest BCUT2D eigenvalue weighted by Gasteiger charge is 2.08. The van der Waals surface area contributed by atoms with E-state index in [0.717, 1.165) is 17.8 Å². The largest absolute Gasteiger partial charge is 0.508 e. The van der Waals surface area contributed by atoms with Crippen LogP contribution in [0.2, 0.25) is 0 Å². The molecule has 1 aromatic carbocycles. The number of phenolic OH excluding ortho intramolecular Hbond substituents is 1. The molecule has 2 rings (SSSR count). The van der Waals surface area contributed by atoms with Crippen LogP contribution in [-0.4, -0.2) is 14.9 Å². The Labute approximate surface area is 107 Å². The van der Waals surface area contributed by atoms with Crippen LogP contribution in [0.1, 0.15) is 29.8 Å². The molecule has 1 heterocycles. The van der Waals surface area contributed by atoms with Gasteiger partial charge in [0, 0.05) is 31.4 Å². The summed E-state index contributed by atoms with van der Waals surface area (Å²) in [5.74, 6) is 0.304. The summed E-state index contributed by atoms with van der Waals surface area (Å²) in [6, 6.07) is 7.53. The van der Waals surface area contributed by atoms with Gasteiger partial charge >= 0.3 is 0 Å². The van der Waals surface area contributed by atoms with E-state index >= 15 is 0 Å². The van der Waals surface area contributed by atoms with Crippen molar-refractivity contribution in [3.05, 3.63) is 47.3 Å². The summed E-state index contributed by atoms with van der Waals surface area (Å²) in [6.45, 7) is 4.87. The van der Waals surface area contributed by atoms with Crippen LogP contribution < -0.4 is 5.32 Å². The fourth-order valence-electron chi connectivity index (χ4n) is 2.00. The Kier molecular flexibility index (Phi) is 3.67. The highest BCUT2D eigenvalue weighted by molar-refractivity contribution is 5.29. The van der Waals surface area contributed by atoms with Crippen LogP contribution in [0, 0.1) is 6.92 Å². The normalized spacial score (nSPS) is 12.6. The number of nitrogens with one attached hydrogen (secondary N) is 1. The van der Waals surface area contributed by atoms with Gasteiger partial charge in [-0.25, -0.2) is 0 Å². The van der Waals surface area contributed by atoms with Gasteiger partial charge in [-0.15, -0.1) is 0 Å². The summed E-state index contributed by atoms with van der Waals surface area (Å²) in [5, 5.41) is 17.2. The third kappa shape index (κ3) is 2.90. The molecule has 1 atom stereocenters. The molecule has 0 saturated carbocycles. The van der Waals surface area contributed by atoms with Crippen molar-refractivity contribution in [2.24, 2.45) is 7.05 Å². The molecule has 2 N–H and O–H groups in total. The molecule has 0 saturated heterocycles. The highest BCUT2D eigenvalue weighted by Crippen LogP contribution is 2.18. The Morgan fingerprint density at radius 1 is 1.44 bits per heavy atom. The van der Waals surface area contributed by atoms with Crippen LogP contribution in [0.4, 0.5) is 0 Å². The van der Waals surface area contributed by atoms with E-state index in [9.17, 15) is 5.11 Å². The number of hydrogen-bond acceptors (Lipinski definition) is 3. The molecular formula is C14H19N3O. The van der Waals surface area contributed by atoms with Crippen LogP contribution >= 0.6 is 0 Å². The van der Waals surface area contributed by atoms with E-state index in [2.05, 4.69) is 17.3 Å². The first-order chi connectivity index (χ1) is 8.56. The SMILES string of the molecule is Cc1nn(C)cc1CNC(C)c1cccc(O)c1. The minimum absolute atomic E-state index is 0.191. The van der Waals surface area contributed by atoms with E-state index in [1.807, 2.05) is 37.0 Å². The van der Waals surface area contributed by atoms with Crippen molar-refractivity contribution in [3.63, 3.8) is 0 Å². The zero-order valence-electron chi connectivity index (χ0n) is 11.0. The molecule has 0 fully saturated rings. The van der Waals surface area contributed by atoms with E-state index in [1.54, 1.807) is 12.1 Å². The first kappa shape index (κ1) is 12.6. The van der Waals surface area contributed by atoms with Gasteiger partial charge in [0.15, 0.2) is 0 Å². The summed E-state index contributed by atoms with van der Waals surface area (Å²) in [6.07, 6.45) is 2.03. The molecule has 0 radical (unpaired) electrons. The van der Waals surface area contributed by atoms with Crippen LogP contribution in [0.25, 0.3) is 0 Å². The molecule has 96 valence electrons. The quantitative estimate of drug-likeness (QED) is 0.869. The molecule has 4 nitrogen and oxygen atoms in total. The molecule has 0 aliphatic heterocycles. The zero-order valence-corrected chi connectivity index (χ0v) is 11.0. The van der Waals surface area contributed by atoms with Gasteiger partial charge in [0.2, 0.25) is 0 Å². The molecule has 4 heteroatoms. The number of aromatic hydroxyl groups is 1. The molecule has 0 amide bonds. The first-order valence-corrected chi connectivity index (χ1v) is 6.07. The van der Waals surface area contributed by atoms with Crippen molar-refractivity contribution >= 4 is 0 Å². The average molecular weight is 245 g/mol. The predicted molar refractivity (Wildman–Crippen MR) is 71.3 cm³/mol. The maximum absolute atomic E-state index is 9.45.